The third-order valence-corrected chi connectivity index (χ3v) is 5.73. The lowest BCUT2D eigenvalue weighted by atomic mass is 10.00. The van der Waals surface area contributed by atoms with E-state index in [0.717, 1.165) is 11.1 Å². The molecular weight excluding hydrogens is 336 g/mol. The van der Waals surface area contributed by atoms with E-state index in [-0.39, 0.29) is 16.7 Å². The minimum Gasteiger partial charge on any atom is -0.360 e. The molecule has 6 heteroatoms. The topological polar surface area (TPSA) is 72.2 Å². The molecule has 0 radical (unpaired) electrons. The number of hydrogen-bond donors (Lipinski definition) is 1. The SMILES string of the molecule is Cc1noc(C)c1S(=O)(=O)NC(Cc1ccccc1)c1ccccc1. The third kappa shape index (κ3) is 3.97. The monoisotopic (exact) mass is 356 g/mol. The fraction of sp³-hybridized carbons (Fsp3) is 0.211. The van der Waals surface area contributed by atoms with Crippen LogP contribution in [0.5, 0.6) is 0 Å². The zero-order valence-corrected chi connectivity index (χ0v) is 15.0. The van der Waals surface area contributed by atoms with Crippen molar-refractivity contribution in [2.45, 2.75) is 31.2 Å². The molecular formula is C19H20N2O3S. The van der Waals surface area contributed by atoms with Crippen LogP contribution in [0.15, 0.2) is 70.1 Å². The Hall–Kier alpha value is -2.44. The molecule has 0 fully saturated rings. The predicted octanol–water partition coefficient (Wildman–Crippen LogP) is 3.55. The van der Waals surface area contributed by atoms with Crippen LogP contribution in [0.3, 0.4) is 0 Å². The van der Waals surface area contributed by atoms with Gasteiger partial charge < -0.3 is 4.52 Å². The Morgan fingerprint density at radius 2 is 1.60 bits per heavy atom. The van der Waals surface area contributed by atoms with Crippen molar-refractivity contribution in [3.05, 3.63) is 83.2 Å². The van der Waals surface area contributed by atoms with Gasteiger partial charge in [-0.1, -0.05) is 65.8 Å². The number of hydrogen-bond acceptors (Lipinski definition) is 4. The van der Waals surface area contributed by atoms with Crippen LogP contribution in [0, 0.1) is 13.8 Å². The zero-order valence-electron chi connectivity index (χ0n) is 14.1. The molecule has 0 aliphatic carbocycles. The molecule has 3 rings (SSSR count). The van der Waals surface area contributed by atoms with Crippen molar-refractivity contribution in [2.75, 3.05) is 0 Å². The second kappa shape index (κ2) is 7.21. The van der Waals surface area contributed by atoms with E-state index >= 15 is 0 Å². The van der Waals surface area contributed by atoms with E-state index in [4.69, 9.17) is 4.52 Å². The van der Waals surface area contributed by atoms with Crippen LogP contribution >= 0.6 is 0 Å². The van der Waals surface area contributed by atoms with Gasteiger partial charge in [0.25, 0.3) is 0 Å². The Bertz CT molecular complexity index is 916. The Labute approximate surface area is 147 Å². The predicted molar refractivity (Wildman–Crippen MR) is 95.6 cm³/mol. The van der Waals surface area contributed by atoms with Gasteiger partial charge >= 0.3 is 0 Å². The van der Waals surface area contributed by atoms with Gasteiger partial charge in [-0.05, 0) is 31.4 Å². The Balaban J connectivity index is 1.95. The second-order valence-corrected chi connectivity index (χ2v) is 7.58. The summed E-state index contributed by atoms with van der Waals surface area (Å²) >= 11 is 0. The summed E-state index contributed by atoms with van der Waals surface area (Å²) in [5, 5.41) is 3.75. The number of sulfonamides is 1. The molecule has 0 saturated carbocycles. The number of rotatable bonds is 6. The first-order valence-electron chi connectivity index (χ1n) is 8.01. The maximum absolute atomic E-state index is 12.9. The summed E-state index contributed by atoms with van der Waals surface area (Å²) in [5.41, 5.74) is 2.32. The van der Waals surface area contributed by atoms with Crippen LogP contribution in [-0.4, -0.2) is 13.6 Å². The summed E-state index contributed by atoms with van der Waals surface area (Å²) < 4.78 is 33.6. The molecule has 5 nitrogen and oxygen atoms in total. The highest BCUT2D eigenvalue weighted by atomic mass is 32.2. The molecule has 0 amide bonds. The average Bonchev–Trinajstić information content (AvgIpc) is 2.95. The molecule has 1 heterocycles. The van der Waals surface area contributed by atoms with Gasteiger partial charge in [-0.25, -0.2) is 13.1 Å². The Kier molecular flexibility index (Phi) is 5.01. The van der Waals surface area contributed by atoms with E-state index in [1.165, 1.54) is 0 Å². The fourth-order valence-electron chi connectivity index (χ4n) is 2.87. The van der Waals surface area contributed by atoms with Crippen LogP contribution < -0.4 is 4.72 Å². The van der Waals surface area contributed by atoms with E-state index < -0.39 is 10.0 Å². The van der Waals surface area contributed by atoms with Crippen molar-refractivity contribution in [3.8, 4) is 0 Å². The highest BCUT2D eigenvalue weighted by molar-refractivity contribution is 7.89. The summed E-state index contributed by atoms with van der Waals surface area (Å²) in [6.07, 6.45) is 0.549. The molecule has 1 unspecified atom stereocenters. The van der Waals surface area contributed by atoms with Crippen LogP contribution in [0.4, 0.5) is 0 Å². The number of nitrogens with zero attached hydrogens (tertiary/aromatic N) is 1. The molecule has 0 bridgehead atoms. The van der Waals surface area contributed by atoms with Gasteiger partial charge in [-0.15, -0.1) is 0 Å². The van der Waals surface area contributed by atoms with Crippen molar-refractivity contribution in [3.63, 3.8) is 0 Å². The molecule has 1 aromatic heterocycles. The van der Waals surface area contributed by atoms with Crippen LogP contribution in [0.1, 0.15) is 28.6 Å². The van der Waals surface area contributed by atoms with Crippen molar-refractivity contribution in [2.24, 2.45) is 0 Å². The van der Waals surface area contributed by atoms with Gasteiger partial charge in [0, 0.05) is 0 Å². The minimum absolute atomic E-state index is 0.112. The van der Waals surface area contributed by atoms with E-state index in [9.17, 15) is 8.42 Å². The molecule has 0 aliphatic rings. The maximum Gasteiger partial charge on any atom is 0.246 e. The largest absolute Gasteiger partial charge is 0.360 e. The van der Waals surface area contributed by atoms with Crippen LogP contribution in [0.25, 0.3) is 0 Å². The van der Waals surface area contributed by atoms with Gasteiger partial charge in [0.1, 0.15) is 10.6 Å². The molecule has 0 saturated heterocycles. The lowest BCUT2D eigenvalue weighted by Crippen LogP contribution is -2.30. The van der Waals surface area contributed by atoms with Gasteiger partial charge in [0.2, 0.25) is 10.0 Å². The second-order valence-electron chi connectivity index (χ2n) is 5.93. The third-order valence-electron chi connectivity index (χ3n) is 4.02. The Morgan fingerprint density at radius 1 is 1.00 bits per heavy atom. The maximum atomic E-state index is 12.9. The van der Waals surface area contributed by atoms with Crippen molar-refractivity contribution in [1.29, 1.82) is 0 Å². The average molecular weight is 356 g/mol. The number of benzene rings is 2. The summed E-state index contributed by atoms with van der Waals surface area (Å²) in [7, 11) is -3.75. The van der Waals surface area contributed by atoms with E-state index in [1.54, 1.807) is 13.8 Å². The quantitative estimate of drug-likeness (QED) is 0.733. The standard InChI is InChI=1S/C19H20N2O3S/c1-14-19(15(2)24-20-14)25(22,23)21-18(17-11-7-4-8-12-17)13-16-9-5-3-6-10-16/h3-12,18,21H,13H2,1-2H3. The number of aryl methyl sites for hydroxylation is 2. The molecule has 0 aliphatic heterocycles. The molecule has 25 heavy (non-hydrogen) atoms. The van der Waals surface area contributed by atoms with Crippen LogP contribution in [-0.2, 0) is 16.4 Å². The molecule has 3 aromatic rings. The first kappa shape index (κ1) is 17.4. The molecule has 2 aromatic carbocycles. The summed E-state index contributed by atoms with van der Waals surface area (Å²) in [6, 6.07) is 19.0. The fourth-order valence-corrected chi connectivity index (χ4v) is 4.42. The van der Waals surface area contributed by atoms with E-state index in [1.807, 2.05) is 60.7 Å². The van der Waals surface area contributed by atoms with Crippen LogP contribution in [0.2, 0.25) is 0 Å². The molecule has 1 N–H and O–H groups in total. The van der Waals surface area contributed by atoms with Crippen molar-refractivity contribution >= 4 is 10.0 Å². The highest BCUT2D eigenvalue weighted by Gasteiger charge is 2.27. The number of nitrogens with one attached hydrogen (secondary N) is 1. The van der Waals surface area contributed by atoms with Crippen molar-refractivity contribution in [1.82, 2.24) is 9.88 Å². The first-order chi connectivity index (χ1) is 12.0. The smallest absolute Gasteiger partial charge is 0.246 e. The zero-order chi connectivity index (χ0) is 17.9. The summed E-state index contributed by atoms with van der Waals surface area (Å²) in [6.45, 7) is 3.23. The molecule has 130 valence electrons. The number of aromatic nitrogens is 1. The molecule has 0 spiro atoms. The van der Waals surface area contributed by atoms with Gasteiger partial charge in [-0.3, -0.25) is 0 Å². The highest BCUT2D eigenvalue weighted by Crippen LogP contribution is 2.24. The lowest BCUT2D eigenvalue weighted by Gasteiger charge is -2.19. The van der Waals surface area contributed by atoms with Crippen molar-refractivity contribution < 1.29 is 12.9 Å². The van der Waals surface area contributed by atoms with Gasteiger partial charge in [-0.2, -0.15) is 0 Å². The summed E-state index contributed by atoms with van der Waals surface area (Å²) in [5.74, 6) is 0.288. The van der Waals surface area contributed by atoms with Gasteiger partial charge in [0.05, 0.1) is 6.04 Å². The van der Waals surface area contributed by atoms with E-state index in [2.05, 4.69) is 9.88 Å². The van der Waals surface area contributed by atoms with E-state index in [0.29, 0.717) is 12.1 Å². The Morgan fingerprint density at radius 3 is 2.16 bits per heavy atom. The lowest BCUT2D eigenvalue weighted by molar-refractivity contribution is 0.390. The van der Waals surface area contributed by atoms with Gasteiger partial charge in [0.15, 0.2) is 5.76 Å². The first-order valence-corrected chi connectivity index (χ1v) is 9.50. The molecule has 1 atom stereocenters. The summed E-state index contributed by atoms with van der Waals surface area (Å²) in [4.78, 5) is 0.112. The minimum atomic E-state index is -3.75. The normalized spacial score (nSPS) is 12.9.